The Morgan fingerprint density at radius 2 is 1.91 bits per heavy atom. The van der Waals surface area contributed by atoms with E-state index >= 15 is 0 Å². The molecule has 0 bridgehead atoms. The summed E-state index contributed by atoms with van der Waals surface area (Å²) in [4.78, 5) is 17.0. The van der Waals surface area contributed by atoms with Gasteiger partial charge in [0.15, 0.2) is 5.82 Å². The molecule has 1 saturated heterocycles. The van der Waals surface area contributed by atoms with Gasteiger partial charge in [-0.3, -0.25) is 4.79 Å². The molecule has 4 aromatic rings. The smallest absolute Gasteiger partial charge is 0.251 e. The Morgan fingerprint density at radius 1 is 1.09 bits per heavy atom. The summed E-state index contributed by atoms with van der Waals surface area (Å²) >= 11 is 0. The van der Waals surface area contributed by atoms with Crippen LogP contribution in [0.4, 0.5) is 5.82 Å². The van der Waals surface area contributed by atoms with Crippen molar-refractivity contribution in [2.24, 2.45) is 0 Å². The molecule has 3 heterocycles. The summed E-state index contributed by atoms with van der Waals surface area (Å²) in [5.74, 6) is 0.736. The van der Waals surface area contributed by atoms with Crippen LogP contribution >= 0.6 is 0 Å². The lowest BCUT2D eigenvalue weighted by molar-refractivity contribution is 0.0951. The fraction of sp³-hybridized carbons (Fsp3) is 0.240. The van der Waals surface area contributed by atoms with Crippen molar-refractivity contribution < 1.29 is 4.79 Å². The number of amides is 1. The van der Waals surface area contributed by atoms with E-state index in [4.69, 9.17) is 5.73 Å². The quantitative estimate of drug-likeness (QED) is 0.455. The second-order valence-electron chi connectivity index (χ2n) is 8.16. The molecule has 0 saturated carbocycles. The second kappa shape index (κ2) is 8.80. The molecule has 2 aromatic heterocycles. The van der Waals surface area contributed by atoms with Gasteiger partial charge in [-0.05, 0) is 55.3 Å². The van der Waals surface area contributed by atoms with Crippen molar-refractivity contribution in [1.82, 2.24) is 25.2 Å². The highest BCUT2D eigenvalue weighted by Crippen LogP contribution is 2.35. The number of rotatable bonds is 5. The van der Waals surface area contributed by atoms with E-state index in [1.165, 1.54) is 6.33 Å². The van der Waals surface area contributed by atoms with Crippen molar-refractivity contribution >= 4 is 17.2 Å². The van der Waals surface area contributed by atoms with Crippen molar-refractivity contribution in [1.29, 1.82) is 0 Å². The van der Waals surface area contributed by atoms with Crippen LogP contribution in [0, 0.1) is 0 Å². The SMILES string of the molecule is Nc1ncnn2c(C3CCNCC3)cc(-c3cccc(C(=O)NCc4ccccc4)c3)c12. The molecule has 7 nitrogen and oxygen atoms in total. The number of piperidine rings is 1. The number of hydrogen-bond acceptors (Lipinski definition) is 5. The second-order valence-corrected chi connectivity index (χ2v) is 8.16. The van der Waals surface area contributed by atoms with Crippen LogP contribution in [0.3, 0.4) is 0 Å². The first-order chi connectivity index (χ1) is 15.7. The fourth-order valence-corrected chi connectivity index (χ4v) is 4.43. The number of carbonyl (C=O) groups is 1. The Labute approximate surface area is 186 Å². The van der Waals surface area contributed by atoms with Gasteiger partial charge >= 0.3 is 0 Å². The molecule has 5 rings (SSSR count). The van der Waals surface area contributed by atoms with Gasteiger partial charge in [-0.25, -0.2) is 9.50 Å². The van der Waals surface area contributed by atoms with E-state index in [-0.39, 0.29) is 5.91 Å². The molecule has 1 aliphatic heterocycles. The summed E-state index contributed by atoms with van der Waals surface area (Å²) in [6.45, 7) is 2.47. The molecule has 4 N–H and O–H groups in total. The predicted octanol–water partition coefficient (Wildman–Crippen LogP) is 3.38. The van der Waals surface area contributed by atoms with Crippen molar-refractivity contribution in [3.8, 4) is 11.1 Å². The van der Waals surface area contributed by atoms with Crippen molar-refractivity contribution in [3.05, 3.63) is 83.8 Å². The summed E-state index contributed by atoms with van der Waals surface area (Å²) in [6, 6.07) is 19.7. The average molecular weight is 427 g/mol. The van der Waals surface area contributed by atoms with Gasteiger partial charge in [-0.15, -0.1) is 0 Å². The number of nitrogen functional groups attached to an aromatic ring is 1. The number of carbonyl (C=O) groups excluding carboxylic acids is 1. The van der Waals surface area contributed by atoms with Crippen LogP contribution in [0.25, 0.3) is 16.6 Å². The maximum atomic E-state index is 12.8. The van der Waals surface area contributed by atoms with E-state index < -0.39 is 0 Å². The van der Waals surface area contributed by atoms with E-state index in [2.05, 4.69) is 26.8 Å². The maximum absolute atomic E-state index is 12.8. The van der Waals surface area contributed by atoms with Crippen LogP contribution in [-0.2, 0) is 6.54 Å². The minimum Gasteiger partial charge on any atom is -0.382 e. The third-order valence-corrected chi connectivity index (χ3v) is 6.10. The molecular formula is C25H26N6O. The Kier molecular flexibility index (Phi) is 5.56. The number of hydrogen-bond donors (Lipinski definition) is 3. The van der Waals surface area contributed by atoms with Crippen molar-refractivity contribution in [2.75, 3.05) is 18.8 Å². The topological polar surface area (TPSA) is 97.3 Å². The van der Waals surface area contributed by atoms with E-state index in [0.29, 0.717) is 23.8 Å². The van der Waals surface area contributed by atoms with Crippen LogP contribution < -0.4 is 16.4 Å². The van der Waals surface area contributed by atoms with E-state index in [0.717, 1.165) is 53.8 Å². The van der Waals surface area contributed by atoms with Crippen LogP contribution in [0.2, 0.25) is 0 Å². The maximum Gasteiger partial charge on any atom is 0.251 e. The molecule has 1 fully saturated rings. The molecule has 0 unspecified atom stereocenters. The van der Waals surface area contributed by atoms with Crippen LogP contribution in [0.5, 0.6) is 0 Å². The van der Waals surface area contributed by atoms with E-state index in [1.54, 1.807) is 0 Å². The van der Waals surface area contributed by atoms with Gasteiger partial charge in [0.2, 0.25) is 0 Å². The Hall–Kier alpha value is -3.71. The molecule has 32 heavy (non-hydrogen) atoms. The highest BCUT2D eigenvalue weighted by Gasteiger charge is 2.23. The van der Waals surface area contributed by atoms with Crippen molar-refractivity contribution in [3.63, 3.8) is 0 Å². The summed E-state index contributed by atoms with van der Waals surface area (Å²) < 4.78 is 1.93. The van der Waals surface area contributed by atoms with Gasteiger partial charge in [-0.1, -0.05) is 42.5 Å². The van der Waals surface area contributed by atoms with Gasteiger partial charge in [0.05, 0.1) is 0 Å². The van der Waals surface area contributed by atoms with Crippen LogP contribution in [0.15, 0.2) is 67.0 Å². The predicted molar refractivity (Wildman–Crippen MR) is 125 cm³/mol. The molecule has 1 aliphatic rings. The van der Waals surface area contributed by atoms with Crippen LogP contribution in [0.1, 0.15) is 40.4 Å². The fourth-order valence-electron chi connectivity index (χ4n) is 4.43. The average Bonchev–Trinajstić information content (AvgIpc) is 3.25. The third kappa shape index (κ3) is 3.94. The molecular weight excluding hydrogens is 400 g/mol. The number of aromatic nitrogens is 3. The highest BCUT2D eigenvalue weighted by atomic mass is 16.1. The molecule has 2 aromatic carbocycles. The Bertz CT molecular complexity index is 1240. The molecule has 162 valence electrons. The molecule has 0 aliphatic carbocycles. The van der Waals surface area contributed by atoms with Crippen molar-refractivity contribution in [2.45, 2.75) is 25.3 Å². The minimum absolute atomic E-state index is 0.109. The van der Waals surface area contributed by atoms with Crippen LogP contribution in [-0.4, -0.2) is 33.6 Å². The Balaban J connectivity index is 1.48. The number of nitrogens with zero attached hydrogens (tertiary/aromatic N) is 3. The minimum atomic E-state index is -0.109. The summed E-state index contributed by atoms with van der Waals surface area (Å²) in [6.07, 6.45) is 3.61. The lowest BCUT2D eigenvalue weighted by atomic mass is 9.94. The van der Waals surface area contributed by atoms with E-state index in [1.807, 2.05) is 59.1 Å². The lowest BCUT2D eigenvalue weighted by Crippen LogP contribution is -2.27. The number of nitrogens with two attached hydrogens (primary N) is 1. The zero-order valence-corrected chi connectivity index (χ0v) is 17.8. The Morgan fingerprint density at radius 3 is 2.72 bits per heavy atom. The number of anilines is 1. The first-order valence-electron chi connectivity index (χ1n) is 11.0. The zero-order chi connectivity index (χ0) is 21.9. The largest absolute Gasteiger partial charge is 0.382 e. The van der Waals surface area contributed by atoms with E-state index in [9.17, 15) is 4.79 Å². The molecule has 0 spiro atoms. The summed E-state index contributed by atoms with van der Waals surface area (Å²) in [5, 5.41) is 10.9. The highest BCUT2D eigenvalue weighted by molar-refractivity contribution is 5.97. The number of fused-ring (bicyclic) bond motifs is 1. The molecule has 1 amide bonds. The normalized spacial score (nSPS) is 14.5. The first kappa shape index (κ1) is 20.2. The zero-order valence-electron chi connectivity index (χ0n) is 17.8. The van der Waals surface area contributed by atoms with Gasteiger partial charge < -0.3 is 16.4 Å². The molecule has 7 heteroatoms. The summed E-state index contributed by atoms with van der Waals surface area (Å²) in [5.41, 5.74) is 11.8. The molecule has 0 radical (unpaired) electrons. The third-order valence-electron chi connectivity index (χ3n) is 6.10. The summed E-state index contributed by atoms with van der Waals surface area (Å²) in [7, 11) is 0. The number of nitrogens with one attached hydrogen (secondary N) is 2. The standard InChI is InChI=1S/C25H26N6O/c26-24-23-21(14-22(31(23)30-16-29-24)18-9-11-27-12-10-18)19-7-4-8-20(13-19)25(32)28-15-17-5-2-1-3-6-17/h1-8,13-14,16,18,27H,9-12,15H2,(H,28,32)(H2,26,29,30). The van der Waals surface area contributed by atoms with Gasteiger partial charge in [-0.2, -0.15) is 5.10 Å². The number of benzene rings is 2. The van der Waals surface area contributed by atoms with Gasteiger partial charge in [0, 0.05) is 29.3 Å². The molecule has 0 atom stereocenters. The van der Waals surface area contributed by atoms with Gasteiger partial charge in [0.25, 0.3) is 5.91 Å². The first-order valence-corrected chi connectivity index (χ1v) is 11.0. The monoisotopic (exact) mass is 426 g/mol. The van der Waals surface area contributed by atoms with Gasteiger partial charge in [0.1, 0.15) is 11.8 Å². The lowest BCUT2D eigenvalue weighted by Gasteiger charge is -2.22.